The quantitative estimate of drug-likeness (QED) is 0.599. The number of aryl methyl sites for hydroxylation is 2. The number of anilines is 2. The van der Waals surface area contributed by atoms with Crippen LogP contribution in [0.3, 0.4) is 0 Å². The lowest BCUT2D eigenvalue weighted by atomic mass is 10.1. The summed E-state index contributed by atoms with van der Waals surface area (Å²) in [4.78, 5) is 0. The summed E-state index contributed by atoms with van der Waals surface area (Å²) >= 11 is 0. The van der Waals surface area contributed by atoms with Crippen LogP contribution in [-0.4, -0.2) is 0 Å². The van der Waals surface area contributed by atoms with E-state index in [1.165, 1.54) is 5.56 Å². The fraction of sp³-hybridized carbons (Fsp3) is 0.333. The Morgan fingerprint density at radius 2 is 1.82 bits per heavy atom. The number of rotatable bonds is 1. The van der Waals surface area contributed by atoms with Crippen LogP contribution >= 0.6 is 0 Å². The molecule has 1 aromatic carbocycles. The van der Waals surface area contributed by atoms with Gasteiger partial charge in [0.1, 0.15) is 0 Å². The number of hydrogen-bond acceptors (Lipinski definition) is 2. The summed E-state index contributed by atoms with van der Waals surface area (Å²) in [5.41, 5.74) is 15.2. The summed E-state index contributed by atoms with van der Waals surface area (Å²) in [5, 5.41) is 0. The molecule has 0 aliphatic rings. The van der Waals surface area contributed by atoms with E-state index in [0.717, 1.165) is 23.4 Å². The van der Waals surface area contributed by atoms with Crippen LogP contribution in [0.4, 0.5) is 11.4 Å². The van der Waals surface area contributed by atoms with Crippen molar-refractivity contribution in [3.8, 4) is 0 Å². The molecule has 0 aliphatic carbocycles. The second-order valence-corrected chi connectivity index (χ2v) is 2.76. The minimum atomic E-state index is 0.778. The molecule has 0 aromatic heterocycles. The fourth-order valence-electron chi connectivity index (χ4n) is 1.11. The van der Waals surface area contributed by atoms with Crippen LogP contribution < -0.4 is 11.5 Å². The number of benzene rings is 1. The topological polar surface area (TPSA) is 52.0 Å². The van der Waals surface area contributed by atoms with Crippen LogP contribution in [0.25, 0.3) is 0 Å². The van der Waals surface area contributed by atoms with Gasteiger partial charge in [-0.3, -0.25) is 0 Å². The molecule has 0 saturated heterocycles. The third-order valence-corrected chi connectivity index (χ3v) is 1.91. The van der Waals surface area contributed by atoms with Crippen molar-refractivity contribution in [1.82, 2.24) is 0 Å². The Bertz CT molecular complexity index is 267. The van der Waals surface area contributed by atoms with Gasteiger partial charge in [-0.05, 0) is 30.5 Å². The molecule has 2 heteroatoms. The molecule has 0 heterocycles. The van der Waals surface area contributed by atoms with Crippen LogP contribution in [0.15, 0.2) is 12.1 Å². The van der Waals surface area contributed by atoms with Crippen LogP contribution in [0.2, 0.25) is 0 Å². The zero-order valence-electron chi connectivity index (χ0n) is 7.02. The Balaban J connectivity index is 3.21. The highest BCUT2D eigenvalue weighted by molar-refractivity contribution is 5.60. The zero-order valence-corrected chi connectivity index (χ0v) is 7.02. The van der Waals surface area contributed by atoms with E-state index in [9.17, 15) is 0 Å². The van der Waals surface area contributed by atoms with E-state index < -0.39 is 0 Å². The van der Waals surface area contributed by atoms with Gasteiger partial charge in [0.05, 0.1) is 0 Å². The highest BCUT2D eigenvalue weighted by atomic mass is 14.6. The number of hydrogen-bond donors (Lipinski definition) is 2. The van der Waals surface area contributed by atoms with E-state index in [2.05, 4.69) is 6.92 Å². The van der Waals surface area contributed by atoms with Crippen LogP contribution in [0.1, 0.15) is 18.1 Å². The third kappa shape index (κ3) is 1.45. The summed E-state index contributed by atoms with van der Waals surface area (Å²) in [6, 6.07) is 3.87. The molecule has 0 saturated carbocycles. The van der Waals surface area contributed by atoms with Crippen molar-refractivity contribution in [3.63, 3.8) is 0 Å². The van der Waals surface area contributed by atoms with Gasteiger partial charge in [-0.1, -0.05) is 13.0 Å². The van der Waals surface area contributed by atoms with E-state index in [0.29, 0.717) is 0 Å². The van der Waals surface area contributed by atoms with Crippen molar-refractivity contribution in [2.45, 2.75) is 20.3 Å². The van der Waals surface area contributed by atoms with Crippen molar-refractivity contribution in [2.75, 3.05) is 11.5 Å². The first-order valence-electron chi connectivity index (χ1n) is 3.79. The van der Waals surface area contributed by atoms with E-state index in [4.69, 9.17) is 11.5 Å². The molecule has 0 unspecified atom stereocenters. The molecule has 0 radical (unpaired) electrons. The molecule has 11 heavy (non-hydrogen) atoms. The standard InChI is InChI=1S/C9H14N2/c1-3-7-4-6(2)8(10)5-9(7)11/h4-5H,3,10-11H2,1-2H3. The first kappa shape index (κ1) is 7.92. The van der Waals surface area contributed by atoms with E-state index in [-0.39, 0.29) is 0 Å². The van der Waals surface area contributed by atoms with Gasteiger partial charge >= 0.3 is 0 Å². The molecule has 0 fully saturated rings. The van der Waals surface area contributed by atoms with Crippen molar-refractivity contribution in [3.05, 3.63) is 23.3 Å². The Hall–Kier alpha value is -1.18. The Labute approximate surface area is 67.2 Å². The average molecular weight is 150 g/mol. The summed E-state index contributed by atoms with van der Waals surface area (Å²) in [5.74, 6) is 0. The van der Waals surface area contributed by atoms with Gasteiger partial charge in [-0.15, -0.1) is 0 Å². The summed E-state index contributed by atoms with van der Waals surface area (Å²) in [6.07, 6.45) is 0.965. The molecule has 2 nitrogen and oxygen atoms in total. The zero-order chi connectivity index (χ0) is 8.43. The molecule has 0 atom stereocenters. The molecule has 1 aromatic rings. The third-order valence-electron chi connectivity index (χ3n) is 1.91. The van der Waals surface area contributed by atoms with Gasteiger partial charge in [0.2, 0.25) is 0 Å². The van der Waals surface area contributed by atoms with Gasteiger partial charge in [-0.25, -0.2) is 0 Å². The van der Waals surface area contributed by atoms with Gasteiger partial charge in [0.25, 0.3) is 0 Å². The average Bonchev–Trinajstić information content (AvgIpc) is 1.97. The first-order valence-corrected chi connectivity index (χ1v) is 3.79. The van der Waals surface area contributed by atoms with Crippen LogP contribution in [0.5, 0.6) is 0 Å². The van der Waals surface area contributed by atoms with Gasteiger partial charge in [-0.2, -0.15) is 0 Å². The van der Waals surface area contributed by atoms with E-state index in [1.807, 2.05) is 19.1 Å². The highest BCUT2D eigenvalue weighted by Crippen LogP contribution is 2.20. The highest BCUT2D eigenvalue weighted by Gasteiger charge is 1.99. The summed E-state index contributed by atoms with van der Waals surface area (Å²) in [6.45, 7) is 4.08. The SMILES string of the molecule is CCc1cc(C)c(N)cc1N. The molecular weight excluding hydrogens is 136 g/mol. The largest absolute Gasteiger partial charge is 0.398 e. The Kier molecular flexibility index (Phi) is 2.03. The van der Waals surface area contributed by atoms with Crippen molar-refractivity contribution < 1.29 is 0 Å². The predicted octanol–water partition coefficient (Wildman–Crippen LogP) is 1.72. The predicted molar refractivity (Wildman–Crippen MR) is 49.4 cm³/mol. The molecule has 0 bridgehead atoms. The van der Waals surface area contributed by atoms with E-state index in [1.54, 1.807) is 0 Å². The fourth-order valence-corrected chi connectivity index (χ4v) is 1.11. The van der Waals surface area contributed by atoms with Crippen molar-refractivity contribution in [1.29, 1.82) is 0 Å². The molecule has 0 aliphatic heterocycles. The summed E-state index contributed by atoms with van der Waals surface area (Å²) < 4.78 is 0. The van der Waals surface area contributed by atoms with Crippen molar-refractivity contribution >= 4 is 11.4 Å². The van der Waals surface area contributed by atoms with Gasteiger partial charge < -0.3 is 11.5 Å². The minimum absolute atomic E-state index is 0.778. The second kappa shape index (κ2) is 2.82. The van der Waals surface area contributed by atoms with Gasteiger partial charge in [0.15, 0.2) is 0 Å². The minimum Gasteiger partial charge on any atom is -0.398 e. The number of nitrogen functional groups attached to an aromatic ring is 2. The number of nitrogens with two attached hydrogens (primary N) is 2. The maximum atomic E-state index is 5.72. The summed E-state index contributed by atoms with van der Waals surface area (Å²) in [7, 11) is 0. The molecule has 0 amide bonds. The first-order chi connectivity index (χ1) is 5.15. The molecule has 0 spiro atoms. The van der Waals surface area contributed by atoms with E-state index >= 15 is 0 Å². The lowest BCUT2D eigenvalue weighted by Gasteiger charge is -2.06. The lowest BCUT2D eigenvalue weighted by Crippen LogP contribution is -1.97. The normalized spacial score (nSPS) is 10.0. The molecular formula is C9H14N2. The molecule has 60 valence electrons. The van der Waals surface area contributed by atoms with Crippen LogP contribution in [-0.2, 0) is 6.42 Å². The lowest BCUT2D eigenvalue weighted by molar-refractivity contribution is 1.14. The Morgan fingerprint density at radius 3 is 2.36 bits per heavy atom. The van der Waals surface area contributed by atoms with Crippen LogP contribution in [0, 0.1) is 6.92 Å². The maximum absolute atomic E-state index is 5.72. The van der Waals surface area contributed by atoms with Gasteiger partial charge in [0, 0.05) is 11.4 Å². The smallest absolute Gasteiger partial charge is 0.0367 e. The van der Waals surface area contributed by atoms with Crippen molar-refractivity contribution in [2.24, 2.45) is 0 Å². The Morgan fingerprint density at radius 1 is 1.18 bits per heavy atom. The second-order valence-electron chi connectivity index (χ2n) is 2.76. The molecule has 4 N–H and O–H groups in total. The molecule has 1 rings (SSSR count). The maximum Gasteiger partial charge on any atom is 0.0367 e. The monoisotopic (exact) mass is 150 g/mol.